The molecular weight excluding hydrogens is 253 g/mol. The van der Waals surface area contributed by atoms with Crippen LogP contribution in [0.2, 0.25) is 0 Å². The van der Waals surface area contributed by atoms with Gasteiger partial charge < -0.3 is 4.74 Å². The summed E-state index contributed by atoms with van der Waals surface area (Å²) in [6.07, 6.45) is 2.90. The number of anilines is 1. The second-order valence-corrected chi connectivity index (χ2v) is 3.97. The van der Waals surface area contributed by atoms with Crippen LogP contribution >= 0.6 is 0 Å². The molecule has 0 saturated heterocycles. The molecular formula is C12H18FN3O3. The molecule has 0 saturated carbocycles. The van der Waals surface area contributed by atoms with Crippen molar-refractivity contribution in [2.24, 2.45) is 0 Å². The van der Waals surface area contributed by atoms with Gasteiger partial charge in [0.25, 0.3) is 0 Å². The van der Waals surface area contributed by atoms with Crippen molar-refractivity contribution in [3.8, 4) is 0 Å². The number of amides is 1. The number of rotatable bonds is 6. The van der Waals surface area contributed by atoms with Crippen LogP contribution in [0.5, 0.6) is 0 Å². The first-order valence-corrected chi connectivity index (χ1v) is 6.29. The molecule has 106 valence electrons. The van der Waals surface area contributed by atoms with Crippen LogP contribution in [0.3, 0.4) is 0 Å². The van der Waals surface area contributed by atoms with Crippen LogP contribution in [0.15, 0.2) is 11.0 Å². The van der Waals surface area contributed by atoms with Crippen LogP contribution in [0.1, 0.15) is 33.1 Å². The van der Waals surface area contributed by atoms with Gasteiger partial charge in [0, 0.05) is 12.7 Å². The molecule has 1 N–H and O–H groups in total. The highest BCUT2D eigenvalue weighted by Gasteiger charge is 2.11. The molecule has 0 aromatic carbocycles. The van der Waals surface area contributed by atoms with Crippen molar-refractivity contribution >= 4 is 11.9 Å². The Morgan fingerprint density at radius 2 is 2.21 bits per heavy atom. The Bertz CT molecular complexity index is 488. The molecule has 0 spiro atoms. The van der Waals surface area contributed by atoms with Gasteiger partial charge in [0.05, 0.1) is 6.61 Å². The number of hydrogen-bond donors (Lipinski definition) is 1. The minimum atomic E-state index is -0.809. The lowest BCUT2D eigenvalue weighted by Crippen LogP contribution is -2.26. The number of carbonyl (C=O) groups excluding carboxylic acids is 1. The van der Waals surface area contributed by atoms with Crippen molar-refractivity contribution in [1.29, 1.82) is 0 Å². The van der Waals surface area contributed by atoms with Crippen LogP contribution in [0.4, 0.5) is 15.0 Å². The maximum absolute atomic E-state index is 13.5. The number of hydrogen-bond acceptors (Lipinski definition) is 4. The second-order valence-electron chi connectivity index (χ2n) is 3.97. The molecule has 0 aliphatic rings. The third-order valence-electron chi connectivity index (χ3n) is 2.49. The van der Waals surface area contributed by atoms with Gasteiger partial charge in [0.1, 0.15) is 0 Å². The summed E-state index contributed by atoms with van der Waals surface area (Å²) in [5.74, 6) is -1.18. The Hall–Kier alpha value is -1.92. The third-order valence-corrected chi connectivity index (χ3v) is 2.49. The van der Waals surface area contributed by atoms with Gasteiger partial charge >= 0.3 is 11.8 Å². The van der Waals surface area contributed by atoms with E-state index >= 15 is 0 Å². The molecule has 0 unspecified atom stereocenters. The van der Waals surface area contributed by atoms with E-state index in [-0.39, 0.29) is 6.61 Å². The summed E-state index contributed by atoms with van der Waals surface area (Å²) in [6, 6.07) is 0. The molecule has 0 bridgehead atoms. The van der Waals surface area contributed by atoms with Crippen molar-refractivity contribution in [3.63, 3.8) is 0 Å². The minimum Gasteiger partial charge on any atom is -0.449 e. The lowest BCUT2D eigenvalue weighted by Gasteiger charge is -2.08. The van der Waals surface area contributed by atoms with Crippen molar-refractivity contribution < 1.29 is 13.9 Å². The first-order chi connectivity index (χ1) is 9.08. The summed E-state index contributed by atoms with van der Waals surface area (Å²) in [5, 5.41) is 2.12. The third kappa shape index (κ3) is 4.69. The van der Waals surface area contributed by atoms with Gasteiger partial charge in [0.2, 0.25) is 0 Å². The van der Waals surface area contributed by atoms with E-state index in [9.17, 15) is 14.0 Å². The Balaban J connectivity index is 2.59. The van der Waals surface area contributed by atoms with Gasteiger partial charge in [-0.2, -0.15) is 4.98 Å². The highest BCUT2D eigenvalue weighted by molar-refractivity contribution is 5.83. The fourth-order valence-corrected chi connectivity index (χ4v) is 1.43. The van der Waals surface area contributed by atoms with Crippen molar-refractivity contribution in [2.45, 2.75) is 39.7 Å². The van der Waals surface area contributed by atoms with Gasteiger partial charge in [-0.05, 0) is 13.3 Å². The van der Waals surface area contributed by atoms with E-state index < -0.39 is 23.4 Å². The largest absolute Gasteiger partial charge is 0.449 e. The van der Waals surface area contributed by atoms with Gasteiger partial charge in [-0.25, -0.2) is 14.0 Å². The molecule has 1 amide bonds. The van der Waals surface area contributed by atoms with E-state index in [1.165, 1.54) is 0 Å². The van der Waals surface area contributed by atoms with Crippen molar-refractivity contribution in [3.05, 3.63) is 22.5 Å². The topological polar surface area (TPSA) is 73.2 Å². The average Bonchev–Trinajstić information content (AvgIpc) is 2.38. The number of carbonyl (C=O) groups is 1. The number of nitrogens with zero attached hydrogens (tertiary/aromatic N) is 2. The van der Waals surface area contributed by atoms with E-state index in [0.29, 0.717) is 6.54 Å². The van der Waals surface area contributed by atoms with Crippen molar-refractivity contribution in [1.82, 2.24) is 9.55 Å². The zero-order valence-corrected chi connectivity index (χ0v) is 11.1. The van der Waals surface area contributed by atoms with Crippen LogP contribution in [-0.4, -0.2) is 22.3 Å². The number of halogens is 1. The molecule has 0 fully saturated rings. The summed E-state index contributed by atoms with van der Waals surface area (Å²) < 4.78 is 19.5. The molecule has 1 heterocycles. The Labute approximate surface area is 110 Å². The molecule has 0 aliphatic carbocycles. The Kier molecular flexibility index (Phi) is 5.98. The minimum absolute atomic E-state index is 0.257. The second kappa shape index (κ2) is 7.50. The number of aryl methyl sites for hydroxylation is 1. The van der Waals surface area contributed by atoms with E-state index in [0.717, 1.165) is 30.0 Å². The zero-order chi connectivity index (χ0) is 14.3. The monoisotopic (exact) mass is 271 g/mol. The van der Waals surface area contributed by atoms with Crippen LogP contribution < -0.4 is 11.0 Å². The highest BCUT2D eigenvalue weighted by Crippen LogP contribution is 2.07. The molecule has 0 aliphatic heterocycles. The van der Waals surface area contributed by atoms with E-state index in [4.69, 9.17) is 4.74 Å². The summed E-state index contributed by atoms with van der Waals surface area (Å²) >= 11 is 0. The highest BCUT2D eigenvalue weighted by atomic mass is 19.1. The molecule has 1 aromatic heterocycles. The number of nitrogens with one attached hydrogen (secondary N) is 1. The first kappa shape index (κ1) is 15.1. The van der Waals surface area contributed by atoms with Gasteiger partial charge in [-0.15, -0.1) is 0 Å². The lowest BCUT2D eigenvalue weighted by molar-refractivity contribution is 0.159. The molecule has 7 heteroatoms. The average molecular weight is 271 g/mol. The number of ether oxygens (including phenoxy) is 1. The van der Waals surface area contributed by atoms with E-state index in [1.54, 1.807) is 6.92 Å². The summed E-state index contributed by atoms with van der Waals surface area (Å²) in [6.45, 7) is 4.29. The Morgan fingerprint density at radius 1 is 1.47 bits per heavy atom. The zero-order valence-electron chi connectivity index (χ0n) is 11.1. The summed E-state index contributed by atoms with van der Waals surface area (Å²) in [7, 11) is 0. The summed E-state index contributed by atoms with van der Waals surface area (Å²) in [5.41, 5.74) is -0.620. The quantitative estimate of drug-likeness (QED) is 0.804. The first-order valence-electron chi connectivity index (χ1n) is 6.29. The molecule has 1 aromatic rings. The summed E-state index contributed by atoms with van der Waals surface area (Å²) in [4.78, 5) is 26.2. The molecule has 0 atom stereocenters. The molecule has 0 radical (unpaired) electrons. The fourth-order valence-electron chi connectivity index (χ4n) is 1.43. The lowest BCUT2D eigenvalue weighted by atomic mass is 10.3. The maximum atomic E-state index is 13.5. The normalized spacial score (nSPS) is 10.3. The Morgan fingerprint density at radius 3 is 2.84 bits per heavy atom. The van der Waals surface area contributed by atoms with Gasteiger partial charge in [0.15, 0.2) is 11.6 Å². The van der Waals surface area contributed by atoms with Gasteiger partial charge in [-0.3, -0.25) is 9.88 Å². The SMILES string of the molecule is CCCCCOC(=O)Nc1nc(=O)n(CC)cc1F. The fraction of sp³-hybridized carbons (Fsp3) is 0.583. The van der Waals surface area contributed by atoms with Crippen LogP contribution in [0.25, 0.3) is 0 Å². The van der Waals surface area contributed by atoms with E-state index in [1.807, 2.05) is 6.92 Å². The molecule has 1 rings (SSSR count). The van der Waals surface area contributed by atoms with Crippen molar-refractivity contribution in [2.75, 3.05) is 11.9 Å². The molecule has 6 nitrogen and oxygen atoms in total. The van der Waals surface area contributed by atoms with E-state index in [2.05, 4.69) is 10.3 Å². The smallest absolute Gasteiger partial charge is 0.412 e. The predicted molar refractivity (Wildman–Crippen MR) is 68.6 cm³/mol. The van der Waals surface area contributed by atoms with Crippen LogP contribution in [0, 0.1) is 5.82 Å². The molecule has 19 heavy (non-hydrogen) atoms. The predicted octanol–water partition coefficient (Wildman–Crippen LogP) is 2.14. The number of aromatic nitrogens is 2. The van der Waals surface area contributed by atoms with Crippen LogP contribution in [-0.2, 0) is 11.3 Å². The maximum Gasteiger partial charge on any atom is 0.412 e. The number of unbranched alkanes of at least 4 members (excludes halogenated alkanes) is 2. The standard InChI is InChI=1S/C12H18FN3O3/c1-3-5-6-7-19-12(18)15-10-9(13)8-16(4-2)11(17)14-10/h8H,3-7H2,1-2H3,(H,14,15,17,18). The van der Waals surface area contributed by atoms with Gasteiger partial charge in [-0.1, -0.05) is 19.8 Å².